The summed E-state index contributed by atoms with van der Waals surface area (Å²) in [5.74, 6) is 0.575. The Morgan fingerprint density at radius 3 is 2.23 bits per heavy atom. The summed E-state index contributed by atoms with van der Waals surface area (Å²) in [7, 11) is 0. The van der Waals surface area contributed by atoms with Crippen molar-refractivity contribution < 1.29 is 0 Å². The predicted octanol–water partition coefficient (Wildman–Crippen LogP) is 3.99. The van der Waals surface area contributed by atoms with Gasteiger partial charge in [0.1, 0.15) is 11.6 Å². The van der Waals surface area contributed by atoms with Gasteiger partial charge < -0.3 is 4.90 Å². The van der Waals surface area contributed by atoms with Crippen LogP contribution in [-0.4, -0.2) is 23.1 Å². The molecule has 2 heterocycles. The average Bonchev–Trinajstić information content (AvgIpc) is 2.90. The zero-order chi connectivity index (χ0) is 18.7. The maximum Gasteiger partial charge on any atom is 0.270 e. The summed E-state index contributed by atoms with van der Waals surface area (Å²) < 4.78 is 0. The summed E-state index contributed by atoms with van der Waals surface area (Å²) in [5.41, 5.74) is 2.24. The molecule has 1 aromatic carbocycles. The lowest BCUT2D eigenvalue weighted by Crippen LogP contribution is -2.29. The van der Waals surface area contributed by atoms with Crippen LogP contribution in [0, 0.1) is 11.3 Å². The molecule has 136 valence electrons. The first-order chi connectivity index (χ1) is 12.4. The lowest BCUT2D eigenvalue weighted by Gasteiger charge is -2.22. The Labute approximate surface area is 154 Å². The molecule has 1 aliphatic heterocycles. The van der Waals surface area contributed by atoms with E-state index < -0.39 is 0 Å². The van der Waals surface area contributed by atoms with Gasteiger partial charge in [-0.25, -0.2) is 4.98 Å². The molecule has 0 bridgehead atoms. The first kappa shape index (κ1) is 18.2. The molecule has 5 nitrogen and oxygen atoms in total. The summed E-state index contributed by atoms with van der Waals surface area (Å²) in [5, 5.41) is 9.47. The van der Waals surface area contributed by atoms with Crippen LogP contribution < -0.4 is 10.5 Å². The zero-order valence-corrected chi connectivity index (χ0v) is 15.8. The summed E-state index contributed by atoms with van der Waals surface area (Å²) in [6.45, 7) is 8.25. The Morgan fingerprint density at radius 1 is 1.08 bits per heavy atom. The minimum absolute atomic E-state index is 0.0510. The van der Waals surface area contributed by atoms with E-state index in [0.717, 1.165) is 31.5 Å². The third-order valence-corrected chi connectivity index (χ3v) is 4.95. The van der Waals surface area contributed by atoms with Crippen molar-refractivity contribution >= 4 is 5.95 Å². The fraction of sp³-hybridized carbons (Fsp3) is 0.476. The molecule has 2 aromatic rings. The van der Waals surface area contributed by atoms with Crippen molar-refractivity contribution in [3.05, 3.63) is 45.7 Å². The van der Waals surface area contributed by atoms with Gasteiger partial charge in [-0.05, 0) is 23.8 Å². The SMILES string of the molecule is CC(C)(C)c1ccc(-c2nc(N3CCCCCC3)[nH]c(=O)c2C#N)cc1. The summed E-state index contributed by atoms with van der Waals surface area (Å²) in [6, 6.07) is 10.0. The van der Waals surface area contributed by atoms with Crippen LogP contribution in [0.15, 0.2) is 29.1 Å². The first-order valence-electron chi connectivity index (χ1n) is 9.30. The van der Waals surface area contributed by atoms with Crippen molar-refractivity contribution in [2.75, 3.05) is 18.0 Å². The monoisotopic (exact) mass is 350 g/mol. The fourth-order valence-electron chi connectivity index (χ4n) is 3.33. The number of rotatable bonds is 2. The number of nitrogens with one attached hydrogen (secondary N) is 1. The van der Waals surface area contributed by atoms with Gasteiger partial charge >= 0.3 is 0 Å². The molecule has 0 saturated carbocycles. The van der Waals surface area contributed by atoms with Gasteiger partial charge in [0.15, 0.2) is 0 Å². The van der Waals surface area contributed by atoms with Crippen LogP contribution >= 0.6 is 0 Å². The molecular formula is C21H26N4O. The second kappa shape index (κ2) is 7.33. The highest BCUT2D eigenvalue weighted by Gasteiger charge is 2.19. The predicted molar refractivity (Wildman–Crippen MR) is 104 cm³/mol. The van der Waals surface area contributed by atoms with E-state index >= 15 is 0 Å². The van der Waals surface area contributed by atoms with Crippen LogP contribution in [0.3, 0.4) is 0 Å². The molecule has 0 atom stereocenters. The van der Waals surface area contributed by atoms with Crippen LogP contribution in [-0.2, 0) is 5.41 Å². The smallest absolute Gasteiger partial charge is 0.270 e. The van der Waals surface area contributed by atoms with E-state index in [1.165, 1.54) is 18.4 Å². The standard InChI is InChI=1S/C21H26N4O/c1-21(2,3)16-10-8-15(9-11-16)18-17(14-22)19(26)24-20(23-18)25-12-6-4-5-7-13-25/h8-11H,4-7,12-13H2,1-3H3,(H,23,24,26). The number of H-pyrrole nitrogens is 1. The van der Waals surface area contributed by atoms with E-state index in [2.05, 4.69) is 35.6 Å². The summed E-state index contributed by atoms with van der Waals surface area (Å²) in [4.78, 5) is 22.1. The molecule has 0 radical (unpaired) electrons. The van der Waals surface area contributed by atoms with Crippen molar-refractivity contribution in [2.45, 2.75) is 51.9 Å². The van der Waals surface area contributed by atoms with Crippen molar-refractivity contribution in [2.24, 2.45) is 0 Å². The molecule has 0 amide bonds. The van der Waals surface area contributed by atoms with Crippen molar-refractivity contribution in [3.63, 3.8) is 0 Å². The molecular weight excluding hydrogens is 324 g/mol. The number of nitriles is 1. The summed E-state index contributed by atoms with van der Waals surface area (Å²) >= 11 is 0. The maximum absolute atomic E-state index is 12.5. The van der Waals surface area contributed by atoms with E-state index in [1.807, 2.05) is 30.3 Å². The Bertz CT molecular complexity index is 861. The first-order valence-corrected chi connectivity index (χ1v) is 9.30. The number of aromatic nitrogens is 2. The third-order valence-electron chi connectivity index (χ3n) is 4.95. The van der Waals surface area contributed by atoms with Crippen molar-refractivity contribution in [1.82, 2.24) is 9.97 Å². The van der Waals surface area contributed by atoms with Gasteiger partial charge in [0.05, 0.1) is 5.69 Å². The highest BCUT2D eigenvalue weighted by Crippen LogP contribution is 2.27. The molecule has 0 aliphatic carbocycles. The van der Waals surface area contributed by atoms with E-state index in [-0.39, 0.29) is 16.5 Å². The van der Waals surface area contributed by atoms with Crippen molar-refractivity contribution in [1.29, 1.82) is 5.26 Å². The second-order valence-corrected chi connectivity index (χ2v) is 7.95. The van der Waals surface area contributed by atoms with Crippen LogP contribution in [0.2, 0.25) is 0 Å². The highest BCUT2D eigenvalue weighted by molar-refractivity contribution is 5.67. The highest BCUT2D eigenvalue weighted by atomic mass is 16.1. The van der Waals surface area contributed by atoms with Crippen LogP contribution in [0.4, 0.5) is 5.95 Å². The molecule has 3 rings (SSSR count). The van der Waals surface area contributed by atoms with Gasteiger partial charge in [0.25, 0.3) is 5.56 Å². The number of hydrogen-bond donors (Lipinski definition) is 1. The Morgan fingerprint density at radius 2 is 1.69 bits per heavy atom. The van der Waals surface area contributed by atoms with E-state index in [9.17, 15) is 10.1 Å². The summed E-state index contributed by atoms with van der Waals surface area (Å²) in [6.07, 6.45) is 4.61. The molecule has 1 aliphatic rings. The van der Waals surface area contributed by atoms with E-state index in [1.54, 1.807) is 0 Å². The Kier molecular flexibility index (Phi) is 5.13. The number of hydrogen-bond acceptors (Lipinski definition) is 4. The quantitative estimate of drug-likeness (QED) is 0.889. The topological polar surface area (TPSA) is 72.8 Å². The average molecular weight is 350 g/mol. The van der Waals surface area contributed by atoms with Gasteiger partial charge in [0, 0.05) is 18.7 Å². The maximum atomic E-state index is 12.5. The van der Waals surface area contributed by atoms with E-state index in [0.29, 0.717) is 11.6 Å². The van der Waals surface area contributed by atoms with Crippen LogP contribution in [0.25, 0.3) is 11.3 Å². The Hall–Kier alpha value is -2.61. The Balaban J connectivity index is 2.05. The largest absolute Gasteiger partial charge is 0.342 e. The molecule has 0 unspecified atom stereocenters. The van der Waals surface area contributed by atoms with Gasteiger partial charge in [-0.2, -0.15) is 5.26 Å². The fourth-order valence-corrected chi connectivity index (χ4v) is 3.33. The molecule has 1 N–H and O–H groups in total. The van der Waals surface area contributed by atoms with Crippen LogP contribution in [0.5, 0.6) is 0 Å². The number of nitrogens with zero attached hydrogens (tertiary/aromatic N) is 3. The molecule has 1 saturated heterocycles. The van der Waals surface area contributed by atoms with Crippen molar-refractivity contribution in [3.8, 4) is 17.3 Å². The number of anilines is 1. The van der Waals surface area contributed by atoms with Gasteiger partial charge in [-0.3, -0.25) is 9.78 Å². The lowest BCUT2D eigenvalue weighted by molar-refractivity contribution is 0.590. The minimum atomic E-state index is -0.364. The van der Waals surface area contributed by atoms with E-state index in [4.69, 9.17) is 0 Å². The second-order valence-electron chi connectivity index (χ2n) is 7.95. The number of benzene rings is 1. The lowest BCUT2D eigenvalue weighted by atomic mass is 9.86. The van der Waals surface area contributed by atoms with Gasteiger partial charge in [-0.1, -0.05) is 57.9 Å². The molecule has 0 spiro atoms. The molecule has 5 heteroatoms. The third kappa shape index (κ3) is 3.80. The number of aromatic amines is 1. The van der Waals surface area contributed by atoms with Gasteiger partial charge in [0.2, 0.25) is 5.95 Å². The molecule has 26 heavy (non-hydrogen) atoms. The molecule has 1 fully saturated rings. The zero-order valence-electron chi connectivity index (χ0n) is 15.8. The van der Waals surface area contributed by atoms with Gasteiger partial charge in [-0.15, -0.1) is 0 Å². The minimum Gasteiger partial charge on any atom is -0.342 e. The normalized spacial score (nSPS) is 15.4. The molecule has 1 aromatic heterocycles. The van der Waals surface area contributed by atoms with Crippen LogP contribution in [0.1, 0.15) is 57.6 Å².